The van der Waals surface area contributed by atoms with Crippen molar-refractivity contribution in [3.63, 3.8) is 0 Å². The van der Waals surface area contributed by atoms with Gasteiger partial charge in [0.2, 0.25) is 0 Å². The first-order valence-electron chi connectivity index (χ1n) is 6.72. The number of halogens is 2. The fourth-order valence-corrected chi connectivity index (χ4v) is 2.12. The molecule has 6 nitrogen and oxygen atoms in total. The molecule has 0 aliphatic heterocycles. The number of nitrogens with zero attached hydrogens (tertiary/aromatic N) is 2. The number of hydrogen-bond donors (Lipinski definition) is 2. The molecule has 0 fully saturated rings. The Hall–Kier alpha value is -2.82. The number of ether oxygens (including phenoxy) is 1. The summed E-state index contributed by atoms with van der Waals surface area (Å²) in [5.41, 5.74) is 4.72. The van der Waals surface area contributed by atoms with Crippen LogP contribution < -0.4 is 10.6 Å². The Bertz CT molecular complexity index is 831. The number of nitrogens with two attached hydrogens (primary N) is 1. The van der Waals surface area contributed by atoms with Crippen LogP contribution in [0, 0.1) is 23.0 Å². The van der Waals surface area contributed by atoms with Gasteiger partial charge in [-0.15, -0.1) is 0 Å². The number of hydrogen-bond acceptors (Lipinski definition) is 4. The third kappa shape index (κ3) is 2.90. The van der Waals surface area contributed by atoms with Crippen LogP contribution in [0.1, 0.15) is 26.3 Å². The van der Waals surface area contributed by atoms with Gasteiger partial charge in [0, 0.05) is 13.1 Å². The highest BCUT2D eigenvalue weighted by Gasteiger charge is 2.26. The molecule has 2 rings (SSSR count). The van der Waals surface area contributed by atoms with Crippen LogP contribution in [-0.2, 0) is 4.74 Å². The topological polar surface area (TPSA) is 95.1 Å². The Morgan fingerprint density at radius 1 is 1.43 bits per heavy atom. The Kier molecular flexibility index (Phi) is 3.90. The number of fused-ring (bicyclic) bond motifs is 1. The van der Waals surface area contributed by atoms with E-state index in [1.54, 1.807) is 26.8 Å². The average Bonchev–Trinajstić information content (AvgIpc) is 2.76. The summed E-state index contributed by atoms with van der Waals surface area (Å²) < 4.78 is 33.1. The maximum absolute atomic E-state index is 14.0. The van der Waals surface area contributed by atoms with Crippen molar-refractivity contribution in [3.05, 3.63) is 23.3 Å². The van der Waals surface area contributed by atoms with Gasteiger partial charge in [-0.2, -0.15) is 5.26 Å². The molecule has 0 spiro atoms. The Morgan fingerprint density at radius 2 is 2.04 bits per heavy atom. The van der Waals surface area contributed by atoms with Crippen LogP contribution in [0.15, 0.2) is 6.07 Å². The summed E-state index contributed by atoms with van der Waals surface area (Å²) in [6.07, 6.45) is -0.753. The number of aromatic amines is 1. The number of benzene rings is 1. The molecule has 122 valence electrons. The van der Waals surface area contributed by atoms with Gasteiger partial charge in [0.1, 0.15) is 23.1 Å². The number of rotatable bonds is 1. The average molecular weight is 322 g/mol. The summed E-state index contributed by atoms with van der Waals surface area (Å²) in [6, 6.07) is 2.57. The maximum atomic E-state index is 14.0. The third-order valence-corrected chi connectivity index (χ3v) is 3.12. The van der Waals surface area contributed by atoms with Crippen molar-refractivity contribution >= 4 is 28.5 Å². The zero-order valence-corrected chi connectivity index (χ0v) is 13.1. The van der Waals surface area contributed by atoms with Crippen molar-refractivity contribution in [2.45, 2.75) is 26.4 Å². The minimum absolute atomic E-state index is 0.0151. The van der Waals surface area contributed by atoms with E-state index in [4.69, 9.17) is 15.7 Å². The summed E-state index contributed by atoms with van der Waals surface area (Å²) in [5, 5.41) is 8.77. The highest BCUT2D eigenvalue weighted by atomic mass is 19.2. The highest BCUT2D eigenvalue weighted by molar-refractivity contribution is 6.04. The summed E-state index contributed by atoms with van der Waals surface area (Å²) in [6.45, 7) is 5.04. The van der Waals surface area contributed by atoms with E-state index in [0.29, 0.717) is 0 Å². The van der Waals surface area contributed by atoms with E-state index in [1.165, 1.54) is 7.05 Å². The molecular weight excluding hydrogens is 306 g/mol. The highest BCUT2D eigenvalue weighted by Crippen LogP contribution is 2.35. The summed E-state index contributed by atoms with van der Waals surface area (Å²) in [7, 11) is 1.35. The lowest BCUT2D eigenvalue weighted by atomic mass is 10.1. The SMILES string of the molecule is CN(C(=O)OC(C)(C)C)c1cc(F)c(F)c2c(C#N)c(N)[nH]c12. The number of amides is 1. The summed E-state index contributed by atoms with van der Waals surface area (Å²) in [4.78, 5) is 15.8. The van der Waals surface area contributed by atoms with Crippen LogP contribution in [-0.4, -0.2) is 23.7 Å². The summed E-state index contributed by atoms with van der Waals surface area (Å²) >= 11 is 0. The lowest BCUT2D eigenvalue weighted by molar-refractivity contribution is 0.0589. The largest absolute Gasteiger partial charge is 0.443 e. The Morgan fingerprint density at radius 3 is 2.57 bits per heavy atom. The molecule has 0 atom stereocenters. The maximum Gasteiger partial charge on any atom is 0.414 e. The van der Waals surface area contributed by atoms with Crippen molar-refractivity contribution in [1.82, 2.24) is 4.98 Å². The molecule has 0 aliphatic carbocycles. The van der Waals surface area contributed by atoms with Crippen molar-refractivity contribution < 1.29 is 18.3 Å². The van der Waals surface area contributed by atoms with Crippen molar-refractivity contribution in [2.24, 2.45) is 0 Å². The summed E-state index contributed by atoms with van der Waals surface area (Å²) in [5.74, 6) is -2.50. The molecule has 0 saturated heterocycles. The van der Waals surface area contributed by atoms with E-state index in [-0.39, 0.29) is 28.0 Å². The molecule has 1 aromatic heterocycles. The molecule has 2 aromatic rings. The van der Waals surface area contributed by atoms with Crippen LogP contribution >= 0.6 is 0 Å². The van der Waals surface area contributed by atoms with Gasteiger partial charge in [-0.05, 0) is 20.8 Å². The van der Waals surface area contributed by atoms with Gasteiger partial charge in [-0.1, -0.05) is 0 Å². The molecular formula is C15H16F2N4O2. The van der Waals surface area contributed by atoms with E-state index in [0.717, 1.165) is 11.0 Å². The monoisotopic (exact) mass is 322 g/mol. The van der Waals surface area contributed by atoms with Crippen LogP contribution in [0.5, 0.6) is 0 Å². The zero-order valence-electron chi connectivity index (χ0n) is 13.1. The molecule has 0 aliphatic rings. The molecule has 1 heterocycles. The van der Waals surface area contributed by atoms with Crippen molar-refractivity contribution in [1.29, 1.82) is 5.26 Å². The number of aromatic nitrogens is 1. The Balaban J connectivity index is 2.65. The van der Waals surface area contributed by atoms with Gasteiger partial charge in [0.25, 0.3) is 0 Å². The first kappa shape index (κ1) is 16.5. The van der Waals surface area contributed by atoms with Gasteiger partial charge in [-0.25, -0.2) is 13.6 Å². The number of nitriles is 1. The first-order chi connectivity index (χ1) is 10.6. The number of nitrogens with one attached hydrogen (secondary N) is 1. The zero-order chi connectivity index (χ0) is 17.5. The number of nitrogen functional groups attached to an aromatic ring is 1. The van der Waals surface area contributed by atoms with E-state index < -0.39 is 23.3 Å². The molecule has 3 N–H and O–H groups in total. The molecule has 0 radical (unpaired) electrons. The second-order valence-corrected chi connectivity index (χ2v) is 6.01. The molecule has 8 heteroatoms. The molecule has 23 heavy (non-hydrogen) atoms. The number of carbonyl (C=O) groups excluding carboxylic acids is 1. The van der Waals surface area contributed by atoms with Crippen LogP contribution in [0.25, 0.3) is 10.9 Å². The van der Waals surface area contributed by atoms with Gasteiger partial charge in [0.15, 0.2) is 11.6 Å². The van der Waals surface area contributed by atoms with E-state index in [2.05, 4.69) is 4.98 Å². The number of H-pyrrole nitrogens is 1. The van der Waals surface area contributed by atoms with E-state index >= 15 is 0 Å². The molecule has 0 saturated carbocycles. The lowest BCUT2D eigenvalue weighted by Gasteiger charge is -2.25. The second kappa shape index (κ2) is 5.43. The standard InChI is InChI=1S/C15H16F2N4O2/c1-15(2,3)23-14(22)21(4)9-5-8(16)11(17)10-7(6-18)13(19)20-12(9)10/h5,20H,19H2,1-4H3. The van der Waals surface area contributed by atoms with Gasteiger partial charge < -0.3 is 15.5 Å². The fourth-order valence-electron chi connectivity index (χ4n) is 2.12. The van der Waals surface area contributed by atoms with E-state index in [1.807, 2.05) is 0 Å². The van der Waals surface area contributed by atoms with Crippen LogP contribution in [0.4, 0.5) is 25.1 Å². The van der Waals surface area contributed by atoms with Crippen LogP contribution in [0.3, 0.4) is 0 Å². The Labute approximate surface area is 131 Å². The minimum atomic E-state index is -1.20. The lowest BCUT2D eigenvalue weighted by Crippen LogP contribution is -2.34. The predicted molar refractivity (Wildman–Crippen MR) is 82.0 cm³/mol. The fraction of sp³-hybridized carbons (Fsp3) is 0.333. The van der Waals surface area contributed by atoms with Gasteiger partial charge >= 0.3 is 6.09 Å². The normalized spacial score (nSPS) is 11.3. The molecule has 0 bridgehead atoms. The third-order valence-electron chi connectivity index (χ3n) is 3.12. The van der Waals surface area contributed by atoms with Gasteiger partial charge in [0.05, 0.1) is 16.6 Å². The number of anilines is 2. The van der Waals surface area contributed by atoms with Crippen molar-refractivity contribution in [3.8, 4) is 6.07 Å². The number of carbonyl (C=O) groups is 1. The molecule has 1 aromatic carbocycles. The molecule has 0 unspecified atom stereocenters. The van der Waals surface area contributed by atoms with Crippen molar-refractivity contribution in [2.75, 3.05) is 17.7 Å². The smallest absolute Gasteiger partial charge is 0.414 e. The quantitative estimate of drug-likeness (QED) is 0.842. The second-order valence-electron chi connectivity index (χ2n) is 6.01. The minimum Gasteiger partial charge on any atom is -0.443 e. The van der Waals surface area contributed by atoms with Crippen LogP contribution in [0.2, 0.25) is 0 Å². The molecule has 1 amide bonds. The predicted octanol–water partition coefficient (Wildman–Crippen LogP) is 3.27. The van der Waals surface area contributed by atoms with Gasteiger partial charge in [-0.3, -0.25) is 4.90 Å². The van der Waals surface area contributed by atoms with E-state index in [9.17, 15) is 13.6 Å². The first-order valence-corrected chi connectivity index (χ1v) is 6.72.